The van der Waals surface area contributed by atoms with Crippen molar-refractivity contribution in [3.8, 4) is 11.8 Å². The zero-order chi connectivity index (χ0) is 14.9. The van der Waals surface area contributed by atoms with Gasteiger partial charge in [0.1, 0.15) is 0 Å². The van der Waals surface area contributed by atoms with Crippen molar-refractivity contribution in [3.05, 3.63) is 40.6 Å². The molecule has 1 amide bonds. The number of hydrogen-bond donors (Lipinski definition) is 2. The Morgan fingerprint density at radius 1 is 1.52 bits per heavy atom. The number of nitrogens with zero attached hydrogens (tertiary/aromatic N) is 2. The van der Waals surface area contributed by atoms with E-state index in [1.807, 2.05) is 22.2 Å². The summed E-state index contributed by atoms with van der Waals surface area (Å²) in [5.74, 6) is 5.87. The molecule has 0 unspecified atom stereocenters. The average molecular weight is 303 g/mol. The third kappa shape index (κ3) is 5.42. The number of nitrogens with one attached hydrogen (secondary N) is 1. The molecule has 0 saturated carbocycles. The molecule has 6 heteroatoms. The van der Waals surface area contributed by atoms with E-state index in [2.05, 4.69) is 22.1 Å². The number of imidazole rings is 1. The molecule has 0 aliphatic rings. The number of aliphatic hydroxyl groups excluding tert-OH is 1. The van der Waals surface area contributed by atoms with Crippen molar-refractivity contribution < 1.29 is 9.90 Å². The lowest BCUT2D eigenvalue weighted by molar-refractivity contribution is -0.121. The van der Waals surface area contributed by atoms with Crippen LogP contribution >= 0.6 is 11.3 Å². The maximum absolute atomic E-state index is 11.7. The van der Waals surface area contributed by atoms with E-state index < -0.39 is 0 Å². The van der Waals surface area contributed by atoms with E-state index >= 15 is 0 Å². The van der Waals surface area contributed by atoms with Crippen molar-refractivity contribution >= 4 is 17.2 Å². The van der Waals surface area contributed by atoms with Gasteiger partial charge in [-0.25, -0.2) is 4.98 Å². The maximum atomic E-state index is 11.7. The fraction of sp³-hybridized carbons (Fsp3) is 0.333. The van der Waals surface area contributed by atoms with Crippen LogP contribution in [0, 0.1) is 11.8 Å². The van der Waals surface area contributed by atoms with Crippen molar-refractivity contribution in [1.82, 2.24) is 14.9 Å². The quantitative estimate of drug-likeness (QED) is 0.792. The molecule has 21 heavy (non-hydrogen) atoms. The first-order valence-corrected chi connectivity index (χ1v) is 7.55. The molecule has 110 valence electrons. The first-order valence-electron chi connectivity index (χ1n) is 6.67. The Bertz CT molecular complexity index is 623. The van der Waals surface area contributed by atoms with Gasteiger partial charge in [0.25, 0.3) is 0 Å². The van der Waals surface area contributed by atoms with Crippen LogP contribution in [-0.4, -0.2) is 27.2 Å². The average Bonchev–Trinajstić information content (AvgIpc) is 3.15. The lowest BCUT2D eigenvalue weighted by Gasteiger charge is -2.04. The number of aryl methyl sites for hydroxylation is 1. The molecule has 0 atom stereocenters. The molecule has 0 radical (unpaired) electrons. The number of rotatable bonds is 6. The topological polar surface area (TPSA) is 67.2 Å². The highest BCUT2D eigenvalue weighted by Gasteiger charge is 2.03. The first kappa shape index (κ1) is 15.3. The minimum absolute atomic E-state index is 0.0185. The van der Waals surface area contributed by atoms with E-state index in [9.17, 15) is 4.79 Å². The van der Waals surface area contributed by atoms with Crippen LogP contribution in [0.25, 0.3) is 0 Å². The Hall–Kier alpha value is -2.10. The molecular weight excluding hydrogens is 286 g/mol. The van der Waals surface area contributed by atoms with Gasteiger partial charge in [-0.2, -0.15) is 0 Å². The lowest BCUT2D eigenvalue weighted by Crippen LogP contribution is -2.23. The summed E-state index contributed by atoms with van der Waals surface area (Å²) in [6.45, 7) is 1.24. The summed E-state index contributed by atoms with van der Waals surface area (Å²) in [6.07, 6.45) is 6.15. The summed E-state index contributed by atoms with van der Waals surface area (Å²) < 4.78 is 1.87. The van der Waals surface area contributed by atoms with Gasteiger partial charge in [0.2, 0.25) is 5.91 Å². The molecule has 2 rings (SSSR count). The van der Waals surface area contributed by atoms with Crippen LogP contribution in [0.1, 0.15) is 23.3 Å². The zero-order valence-electron chi connectivity index (χ0n) is 11.6. The van der Waals surface area contributed by atoms with E-state index in [0.717, 1.165) is 10.4 Å². The molecule has 0 aliphatic carbocycles. The maximum Gasteiger partial charge on any atom is 0.222 e. The SMILES string of the molecule is O=C(CCn1ccnc1)NCc1cc(C#CCCO)cs1. The fourth-order valence-electron chi connectivity index (χ4n) is 1.68. The fourth-order valence-corrected chi connectivity index (χ4v) is 2.44. The van der Waals surface area contributed by atoms with Crippen LogP contribution in [0.2, 0.25) is 0 Å². The number of aliphatic hydroxyl groups is 1. The smallest absolute Gasteiger partial charge is 0.222 e. The van der Waals surface area contributed by atoms with Crippen molar-refractivity contribution in [2.45, 2.75) is 25.9 Å². The highest BCUT2D eigenvalue weighted by atomic mass is 32.1. The van der Waals surface area contributed by atoms with Crippen LogP contribution in [0.4, 0.5) is 0 Å². The van der Waals surface area contributed by atoms with Gasteiger partial charge in [0, 0.05) is 47.6 Å². The Morgan fingerprint density at radius 2 is 2.43 bits per heavy atom. The Morgan fingerprint density at radius 3 is 3.19 bits per heavy atom. The lowest BCUT2D eigenvalue weighted by atomic mass is 10.3. The summed E-state index contributed by atoms with van der Waals surface area (Å²) in [5, 5.41) is 13.5. The van der Waals surface area contributed by atoms with Crippen LogP contribution in [0.15, 0.2) is 30.2 Å². The van der Waals surface area contributed by atoms with E-state index in [1.54, 1.807) is 23.9 Å². The number of aromatic nitrogens is 2. The van der Waals surface area contributed by atoms with Crippen LogP contribution in [-0.2, 0) is 17.9 Å². The highest BCUT2D eigenvalue weighted by Crippen LogP contribution is 2.13. The van der Waals surface area contributed by atoms with Gasteiger partial charge in [0.15, 0.2) is 0 Å². The van der Waals surface area contributed by atoms with Crippen molar-refractivity contribution in [2.24, 2.45) is 0 Å². The standard InChI is InChI=1S/C15H17N3O2S/c19-8-2-1-3-13-9-14(21-11-13)10-17-15(20)4-6-18-7-5-16-12-18/h5,7,9,11-12,19H,2,4,6,8,10H2,(H,17,20). The molecule has 2 aromatic rings. The van der Waals surface area contributed by atoms with Gasteiger partial charge in [-0.1, -0.05) is 11.8 Å². The van der Waals surface area contributed by atoms with Crippen LogP contribution in [0.5, 0.6) is 0 Å². The molecule has 0 aromatic carbocycles. The predicted molar refractivity (Wildman–Crippen MR) is 81.6 cm³/mol. The second-order valence-corrected chi connectivity index (χ2v) is 5.40. The Kier molecular flexibility index (Phi) is 6.00. The molecule has 0 fully saturated rings. The van der Waals surface area contributed by atoms with Crippen molar-refractivity contribution in [2.75, 3.05) is 6.61 Å². The Balaban J connectivity index is 1.72. The van der Waals surface area contributed by atoms with Crippen LogP contribution in [0.3, 0.4) is 0 Å². The number of thiophene rings is 1. The normalized spacial score (nSPS) is 9.95. The zero-order valence-corrected chi connectivity index (χ0v) is 12.4. The van der Waals surface area contributed by atoms with Gasteiger partial charge in [0.05, 0.1) is 19.5 Å². The third-order valence-corrected chi connectivity index (χ3v) is 3.68. The predicted octanol–water partition coefficient (Wildman–Crippen LogP) is 1.39. The number of hydrogen-bond acceptors (Lipinski definition) is 4. The van der Waals surface area contributed by atoms with Gasteiger partial charge >= 0.3 is 0 Å². The largest absolute Gasteiger partial charge is 0.395 e. The number of carbonyl (C=O) groups excluding carboxylic acids is 1. The Labute approximate surface area is 127 Å². The van der Waals surface area contributed by atoms with E-state index in [-0.39, 0.29) is 12.5 Å². The van der Waals surface area contributed by atoms with Gasteiger partial charge in [-0.05, 0) is 6.07 Å². The molecule has 5 nitrogen and oxygen atoms in total. The minimum atomic E-state index is 0.0185. The van der Waals surface area contributed by atoms with Gasteiger partial charge < -0.3 is 15.0 Å². The van der Waals surface area contributed by atoms with Gasteiger partial charge in [-0.3, -0.25) is 4.79 Å². The van der Waals surface area contributed by atoms with Gasteiger partial charge in [-0.15, -0.1) is 11.3 Å². The summed E-state index contributed by atoms with van der Waals surface area (Å²) in [7, 11) is 0. The second-order valence-electron chi connectivity index (χ2n) is 4.40. The molecule has 2 heterocycles. The molecule has 0 aliphatic heterocycles. The molecule has 0 spiro atoms. The molecular formula is C15H17N3O2S. The third-order valence-electron chi connectivity index (χ3n) is 2.74. The van der Waals surface area contributed by atoms with E-state index in [0.29, 0.717) is 25.9 Å². The highest BCUT2D eigenvalue weighted by molar-refractivity contribution is 7.10. The molecule has 2 N–H and O–H groups in total. The number of carbonyl (C=O) groups is 1. The molecule has 0 bridgehead atoms. The van der Waals surface area contributed by atoms with E-state index in [1.165, 1.54) is 0 Å². The summed E-state index contributed by atoms with van der Waals surface area (Å²) in [4.78, 5) is 16.7. The molecule has 2 aromatic heterocycles. The van der Waals surface area contributed by atoms with E-state index in [4.69, 9.17) is 5.11 Å². The monoisotopic (exact) mass is 303 g/mol. The van der Waals surface area contributed by atoms with Crippen molar-refractivity contribution in [3.63, 3.8) is 0 Å². The molecule has 0 saturated heterocycles. The summed E-state index contributed by atoms with van der Waals surface area (Å²) in [6, 6.07) is 1.96. The first-order chi connectivity index (χ1) is 10.3. The summed E-state index contributed by atoms with van der Waals surface area (Å²) in [5.41, 5.74) is 0.927. The summed E-state index contributed by atoms with van der Waals surface area (Å²) >= 11 is 1.57. The number of amides is 1. The second kappa shape index (κ2) is 8.25. The van der Waals surface area contributed by atoms with Crippen molar-refractivity contribution in [1.29, 1.82) is 0 Å². The van der Waals surface area contributed by atoms with Crippen LogP contribution < -0.4 is 5.32 Å². The minimum Gasteiger partial charge on any atom is -0.395 e.